The van der Waals surface area contributed by atoms with E-state index in [4.69, 9.17) is 16.7 Å². The lowest BCUT2D eigenvalue weighted by Crippen LogP contribution is -2.21. The van der Waals surface area contributed by atoms with Crippen LogP contribution in [0.5, 0.6) is 0 Å². The summed E-state index contributed by atoms with van der Waals surface area (Å²) in [7, 11) is 0. The number of aliphatic hydroxyl groups excluding tert-OH is 1. The van der Waals surface area contributed by atoms with Crippen molar-refractivity contribution in [3.05, 3.63) is 28.0 Å². The van der Waals surface area contributed by atoms with Crippen LogP contribution in [0.2, 0.25) is 0 Å². The van der Waals surface area contributed by atoms with Gasteiger partial charge in [-0.25, -0.2) is 13.2 Å². The van der Waals surface area contributed by atoms with Gasteiger partial charge in [0, 0.05) is 12.6 Å². The highest BCUT2D eigenvalue weighted by Crippen LogP contribution is 2.29. The standard InChI is InChI=1S/C9H8BrClF3NO/c10-7-6(15-3-4(16)2-11)1-5(12)8(13)9(7)14/h1,4,15-16H,2-3H2. The quantitative estimate of drug-likeness (QED) is 0.508. The number of halogens is 5. The number of benzene rings is 1. The Balaban J connectivity index is 2.89. The van der Waals surface area contributed by atoms with E-state index in [0.29, 0.717) is 0 Å². The van der Waals surface area contributed by atoms with E-state index in [1.165, 1.54) is 0 Å². The molecule has 0 bridgehead atoms. The molecule has 0 aliphatic rings. The van der Waals surface area contributed by atoms with E-state index in [1.807, 2.05) is 0 Å². The van der Waals surface area contributed by atoms with Crippen LogP contribution in [-0.4, -0.2) is 23.6 Å². The summed E-state index contributed by atoms with van der Waals surface area (Å²) in [6, 6.07) is 0.795. The molecule has 0 saturated heterocycles. The first-order chi connectivity index (χ1) is 7.47. The lowest BCUT2D eigenvalue weighted by atomic mass is 10.2. The lowest BCUT2D eigenvalue weighted by molar-refractivity contribution is 0.211. The fourth-order valence-electron chi connectivity index (χ4n) is 0.984. The Bertz CT molecular complexity index is 392. The molecular weight excluding hydrogens is 310 g/mol. The predicted molar refractivity (Wildman–Crippen MR) is 59.2 cm³/mol. The van der Waals surface area contributed by atoms with Gasteiger partial charge in [0.1, 0.15) is 0 Å². The lowest BCUT2D eigenvalue weighted by Gasteiger charge is -2.12. The maximum absolute atomic E-state index is 13.1. The average molecular weight is 319 g/mol. The zero-order valence-corrected chi connectivity index (χ0v) is 10.2. The summed E-state index contributed by atoms with van der Waals surface area (Å²) in [5, 5.41) is 11.7. The molecule has 0 amide bonds. The van der Waals surface area contributed by atoms with Crippen molar-refractivity contribution < 1.29 is 18.3 Å². The first-order valence-corrected chi connectivity index (χ1v) is 5.61. The fourth-order valence-corrected chi connectivity index (χ4v) is 1.52. The highest BCUT2D eigenvalue weighted by atomic mass is 79.9. The van der Waals surface area contributed by atoms with Crippen LogP contribution in [0, 0.1) is 17.5 Å². The molecule has 0 aliphatic carbocycles. The summed E-state index contributed by atoms with van der Waals surface area (Å²) in [6.45, 7) is 0.00656. The summed E-state index contributed by atoms with van der Waals surface area (Å²) < 4.78 is 38.5. The maximum atomic E-state index is 13.1. The van der Waals surface area contributed by atoms with Gasteiger partial charge in [-0.2, -0.15) is 0 Å². The van der Waals surface area contributed by atoms with Gasteiger partial charge in [-0.3, -0.25) is 0 Å². The van der Waals surface area contributed by atoms with Crippen molar-refractivity contribution in [2.45, 2.75) is 6.10 Å². The van der Waals surface area contributed by atoms with Crippen molar-refractivity contribution >= 4 is 33.2 Å². The molecule has 2 N–H and O–H groups in total. The van der Waals surface area contributed by atoms with E-state index in [-0.39, 0.29) is 22.6 Å². The van der Waals surface area contributed by atoms with Crippen LogP contribution in [-0.2, 0) is 0 Å². The number of hydrogen-bond acceptors (Lipinski definition) is 2. The fraction of sp³-hybridized carbons (Fsp3) is 0.333. The molecule has 0 aliphatic heterocycles. The summed E-state index contributed by atoms with van der Waals surface area (Å²) in [5.74, 6) is -4.18. The molecule has 2 nitrogen and oxygen atoms in total. The molecule has 1 aromatic carbocycles. The number of rotatable bonds is 4. The van der Waals surface area contributed by atoms with Gasteiger partial charge in [0.15, 0.2) is 17.5 Å². The number of anilines is 1. The highest BCUT2D eigenvalue weighted by Gasteiger charge is 2.17. The Morgan fingerprint density at radius 2 is 2.00 bits per heavy atom. The smallest absolute Gasteiger partial charge is 0.195 e. The molecule has 1 atom stereocenters. The van der Waals surface area contributed by atoms with Gasteiger partial charge in [0.25, 0.3) is 0 Å². The Kier molecular flexibility index (Phi) is 4.89. The van der Waals surface area contributed by atoms with Crippen LogP contribution in [0.25, 0.3) is 0 Å². The van der Waals surface area contributed by atoms with E-state index in [9.17, 15) is 13.2 Å². The normalized spacial score (nSPS) is 12.6. The van der Waals surface area contributed by atoms with Gasteiger partial charge in [-0.05, 0) is 15.9 Å². The monoisotopic (exact) mass is 317 g/mol. The van der Waals surface area contributed by atoms with Gasteiger partial charge in [-0.15, -0.1) is 11.6 Å². The summed E-state index contributed by atoms with van der Waals surface area (Å²) in [4.78, 5) is 0. The molecule has 90 valence electrons. The van der Waals surface area contributed by atoms with Gasteiger partial charge in [0.2, 0.25) is 0 Å². The highest BCUT2D eigenvalue weighted by molar-refractivity contribution is 9.10. The third-order valence-corrected chi connectivity index (χ3v) is 2.94. The van der Waals surface area contributed by atoms with E-state index in [2.05, 4.69) is 21.2 Å². The zero-order chi connectivity index (χ0) is 12.3. The van der Waals surface area contributed by atoms with E-state index >= 15 is 0 Å². The van der Waals surface area contributed by atoms with E-state index in [1.54, 1.807) is 0 Å². The van der Waals surface area contributed by atoms with E-state index in [0.717, 1.165) is 6.07 Å². The summed E-state index contributed by atoms with van der Waals surface area (Å²) >= 11 is 8.11. The molecule has 0 spiro atoms. The molecule has 0 fully saturated rings. The Hall–Kier alpha value is -0.460. The number of hydrogen-bond donors (Lipinski definition) is 2. The van der Waals surface area contributed by atoms with Crippen molar-refractivity contribution in [2.24, 2.45) is 0 Å². The van der Waals surface area contributed by atoms with Crippen LogP contribution >= 0.6 is 27.5 Å². The molecule has 7 heteroatoms. The van der Waals surface area contributed by atoms with Crippen LogP contribution in [0.15, 0.2) is 10.5 Å². The van der Waals surface area contributed by atoms with Gasteiger partial charge < -0.3 is 10.4 Å². The second-order valence-electron chi connectivity index (χ2n) is 3.04. The second-order valence-corrected chi connectivity index (χ2v) is 4.14. The van der Waals surface area contributed by atoms with Crippen LogP contribution in [0.4, 0.5) is 18.9 Å². The summed E-state index contributed by atoms with van der Waals surface area (Å²) in [5.41, 5.74) is 0.0144. The van der Waals surface area contributed by atoms with Crippen LogP contribution in [0.3, 0.4) is 0 Å². The van der Waals surface area contributed by atoms with Crippen molar-refractivity contribution in [3.63, 3.8) is 0 Å². The number of alkyl halides is 1. The number of nitrogens with one attached hydrogen (secondary N) is 1. The zero-order valence-electron chi connectivity index (χ0n) is 7.91. The Morgan fingerprint density at radius 1 is 1.38 bits per heavy atom. The second kappa shape index (κ2) is 5.75. The molecule has 0 radical (unpaired) electrons. The van der Waals surface area contributed by atoms with Crippen molar-refractivity contribution in [1.29, 1.82) is 0 Å². The minimum Gasteiger partial charge on any atom is -0.390 e. The SMILES string of the molecule is OC(CCl)CNc1cc(F)c(F)c(F)c1Br. The van der Waals surface area contributed by atoms with Gasteiger partial charge in [-0.1, -0.05) is 0 Å². The maximum Gasteiger partial charge on any atom is 0.195 e. The van der Waals surface area contributed by atoms with Crippen molar-refractivity contribution in [1.82, 2.24) is 0 Å². The molecule has 1 unspecified atom stereocenters. The van der Waals surface area contributed by atoms with Crippen molar-refractivity contribution in [2.75, 3.05) is 17.7 Å². The minimum absolute atomic E-state index is 0.00656. The molecule has 1 rings (SSSR count). The molecule has 0 aromatic heterocycles. The number of aliphatic hydroxyl groups is 1. The molecule has 1 aromatic rings. The molecule has 0 heterocycles. The van der Waals surface area contributed by atoms with Gasteiger partial charge >= 0.3 is 0 Å². The minimum atomic E-state index is -1.55. The molecular formula is C9H8BrClF3NO. The van der Waals surface area contributed by atoms with Crippen LogP contribution in [0.1, 0.15) is 0 Å². The topological polar surface area (TPSA) is 32.3 Å². The Labute approximate surface area is 104 Å². The first-order valence-electron chi connectivity index (χ1n) is 4.28. The molecule has 16 heavy (non-hydrogen) atoms. The third kappa shape index (κ3) is 3.02. The first kappa shape index (κ1) is 13.6. The third-order valence-electron chi connectivity index (χ3n) is 1.81. The predicted octanol–water partition coefficient (Wildman–Crippen LogP) is 2.88. The summed E-state index contributed by atoms with van der Waals surface area (Å²) in [6.07, 6.45) is -0.857. The molecule has 0 saturated carbocycles. The van der Waals surface area contributed by atoms with Crippen LogP contribution < -0.4 is 5.32 Å². The van der Waals surface area contributed by atoms with Crippen molar-refractivity contribution in [3.8, 4) is 0 Å². The largest absolute Gasteiger partial charge is 0.390 e. The van der Waals surface area contributed by atoms with E-state index < -0.39 is 23.6 Å². The van der Waals surface area contributed by atoms with Gasteiger partial charge in [0.05, 0.1) is 22.1 Å². The Morgan fingerprint density at radius 3 is 2.56 bits per heavy atom. The average Bonchev–Trinajstić information content (AvgIpc) is 2.28.